The van der Waals surface area contributed by atoms with Crippen LogP contribution in [0.4, 0.5) is 33.6 Å². The Labute approximate surface area is 419 Å². The van der Waals surface area contributed by atoms with Crippen LogP contribution in [0.1, 0.15) is 35.1 Å². The zero-order chi connectivity index (χ0) is 51.7. The molecule has 4 N–H and O–H groups in total. The minimum absolute atomic E-state index is 0.0302. The zero-order valence-corrected chi connectivity index (χ0v) is 42.3. The third-order valence-electron chi connectivity index (χ3n) is 10.9. The molecule has 8 rings (SSSR count). The highest BCUT2D eigenvalue weighted by molar-refractivity contribution is 7.99. The molecule has 27 heteroatoms. The average Bonchev–Trinajstić information content (AvgIpc) is 3.92. The van der Waals surface area contributed by atoms with Crippen molar-refractivity contribution in [1.29, 1.82) is 5.26 Å². The van der Waals surface area contributed by atoms with Gasteiger partial charge in [-0.3, -0.25) is 18.1 Å². The first-order valence-corrected chi connectivity index (χ1v) is 27.7. The third kappa shape index (κ3) is 11.3. The summed E-state index contributed by atoms with van der Waals surface area (Å²) < 4.78 is 113. The van der Waals surface area contributed by atoms with E-state index in [0.717, 1.165) is 11.3 Å². The molecule has 3 aromatic heterocycles. The maximum Gasteiger partial charge on any atom is 0.296 e. The lowest BCUT2D eigenvalue weighted by Crippen LogP contribution is -2.08. The molecular formula is C45H40N10O12S5. The molecule has 0 fully saturated rings. The van der Waals surface area contributed by atoms with Crippen molar-refractivity contribution >= 4 is 125 Å². The van der Waals surface area contributed by atoms with Crippen molar-refractivity contribution in [3.8, 4) is 23.4 Å². The van der Waals surface area contributed by atoms with E-state index >= 15 is 0 Å². The second-order valence-corrected chi connectivity index (χ2v) is 22.6. The van der Waals surface area contributed by atoms with Crippen LogP contribution in [0.2, 0.25) is 0 Å². The molecule has 72 heavy (non-hydrogen) atoms. The number of hydrogen-bond donors (Lipinski definition) is 4. The van der Waals surface area contributed by atoms with E-state index in [1.807, 2.05) is 0 Å². The van der Waals surface area contributed by atoms with E-state index in [1.165, 1.54) is 35.4 Å². The van der Waals surface area contributed by atoms with Crippen LogP contribution in [0.25, 0.3) is 37.7 Å². The highest BCUT2D eigenvalue weighted by Crippen LogP contribution is 2.44. The molecule has 0 saturated heterocycles. The number of methoxy groups -OCH3 is 1. The molecule has 0 unspecified atom stereocenters. The Morgan fingerprint density at radius 2 is 1.44 bits per heavy atom. The molecule has 372 valence electrons. The van der Waals surface area contributed by atoms with Gasteiger partial charge in [0.1, 0.15) is 39.2 Å². The van der Waals surface area contributed by atoms with Gasteiger partial charge in [0.05, 0.1) is 58.0 Å². The largest absolute Gasteiger partial charge is 0.497 e. The predicted octanol–water partition coefficient (Wildman–Crippen LogP) is 11.3. The number of fused-ring (bicyclic) bond motifs is 6. The first-order chi connectivity index (χ1) is 34.1. The number of thioether (sulfide) groups is 1. The molecule has 5 aromatic carbocycles. The van der Waals surface area contributed by atoms with Crippen LogP contribution in [0.3, 0.4) is 0 Å². The minimum Gasteiger partial charge on any atom is -0.497 e. The lowest BCUT2D eigenvalue weighted by molar-refractivity contribution is 0.317. The molecule has 0 radical (unpaired) electrons. The number of benzene rings is 5. The number of pyridine rings is 1. The minimum atomic E-state index is -4.66. The molecule has 0 spiro atoms. The fourth-order valence-corrected chi connectivity index (χ4v) is 11.2. The Morgan fingerprint density at radius 1 is 0.778 bits per heavy atom. The number of aryl methyl sites for hydroxylation is 2. The van der Waals surface area contributed by atoms with Crippen LogP contribution in [0.15, 0.2) is 113 Å². The molecule has 0 aliphatic heterocycles. The number of ether oxygens (including phenoxy) is 2. The summed E-state index contributed by atoms with van der Waals surface area (Å²) in [6.45, 7) is 4.82. The number of azo groups is 3. The number of aromatic hydroxyl groups is 1. The summed E-state index contributed by atoms with van der Waals surface area (Å²) in [5, 5.41) is 49.7. The Hall–Kier alpha value is -7.03. The van der Waals surface area contributed by atoms with Gasteiger partial charge in [-0.1, -0.05) is 35.6 Å². The summed E-state index contributed by atoms with van der Waals surface area (Å²) in [5.74, 6) is -0.649. The van der Waals surface area contributed by atoms with Crippen molar-refractivity contribution in [3.05, 3.63) is 95.1 Å². The Bertz CT molecular complexity index is 3980. The maximum absolute atomic E-state index is 12.4. The normalized spacial score (nSPS) is 12.7. The van der Waals surface area contributed by atoms with Crippen molar-refractivity contribution in [2.75, 3.05) is 31.0 Å². The first-order valence-electron chi connectivity index (χ1n) is 21.2. The van der Waals surface area contributed by atoms with Crippen LogP contribution in [0, 0.1) is 32.1 Å². The molecule has 22 nitrogen and oxygen atoms in total. The molecule has 0 bridgehead atoms. The lowest BCUT2D eigenvalue weighted by atomic mass is 10.1. The van der Waals surface area contributed by atoms with Crippen molar-refractivity contribution < 1.29 is 53.5 Å². The summed E-state index contributed by atoms with van der Waals surface area (Å²) in [6, 6.07) is 21.9. The second kappa shape index (κ2) is 20.6. The molecular weight excluding hydrogens is 1030 g/mol. The highest BCUT2D eigenvalue weighted by atomic mass is 32.2. The molecule has 0 amide bonds. The summed E-state index contributed by atoms with van der Waals surface area (Å²) in [6.07, 6.45) is -0.0333. The number of aromatic nitrogens is 3. The van der Waals surface area contributed by atoms with Gasteiger partial charge in [0.25, 0.3) is 30.4 Å². The summed E-state index contributed by atoms with van der Waals surface area (Å²) in [5.41, 5.74) is 3.63. The van der Waals surface area contributed by atoms with E-state index in [-0.39, 0.29) is 86.2 Å². The van der Waals surface area contributed by atoms with Gasteiger partial charge in [-0.2, -0.15) is 35.6 Å². The summed E-state index contributed by atoms with van der Waals surface area (Å²) >= 11 is 2.28. The SMILES string of the molecule is COc1ccc2c(c1)nc1c(C#N)c(C)c(N=Nc3cc(C)c(N=Nc4cc(C)c(N=Nc5nc6c(S(=O)(=O)O)cc7ccccc7c6s5)cc4SCCCS(=O)(=O)O)cc3OCCCS(=O)(=O)O)c(O)n12. The summed E-state index contributed by atoms with van der Waals surface area (Å²) in [4.78, 5) is 9.05. The Morgan fingerprint density at radius 3 is 2.15 bits per heavy atom. The van der Waals surface area contributed by atoms with Crippen LogP contribution < -0.4 is 9.47 Å². The van der Waals surface area contributed by atoms with Crippen LogP contribution in [-0.4, -0.2) is 89.4 Å². The van der Waals surface area contributed by atoms with Gasteiger partial charge in [0.15, 0.2) is 11.3 Å². The van der Waals surface area contributed by atoms with E-state index in [9.17, 15) is 49.3 Å². The quantitative estimate of drug-likeness (QED) is 0.0268. The topological polar surface area (TPSA) is 330 Å². The van der Waals surface area contributed by atoms with Crippen LogP contribution in [0.5, 0.6) is 17.4 Å². The number of nitriles is 1. The van der Waals surface area contributed by atoms with E-state index in [2.05, 4.69) is 46.7 Å². The first kappa shape index (κ1) is 51.3. The lowest BCUT2D eigenvalue weighted by Gasteiger charge is -2.12. The van der Waals surface area contributed by atoms with Gasteiger partial charge < -0.3 is 14.6 Å². The number of imidazole rings is 1. The molecule has 0 aliphatic rings. The summed E-state index contributed by atoms with van der Waals surface area (Å²) in [7, 11) is -11.7. The van der Waals surface area contributed by atoms with Gasteiger partial charge >= 0.3 is 0 Å². The van der Waals surface area contributed by atoms with E-state index in [1.54, 1.807) is 81.4 Å². The van der Waals surface area contributed by atoms with Crippen molar-refractivity contribution in [1.82, 2.24) is 14.4 Å². The van der Waals surface area contributed by atoms with Gasteiger partial charge in [-0.05, 0) is 92.3 Å². The average molecular weight is 1070 g/mol. The number of hydrogen-bond acceptors (Lipinski definition) is 20. The zero-order valence-electron chi connectivity index (χ0n) is 38.2. The number of rotatable bonds is 18. The van der Waals surface area contributed by atoms with Gasteiger partial charge in [-0.25, -0.2) is 9.97 Å². The van der Waals surface area contributed by atoms with Crippen LogP contribution >= 0.6 is 23.1 Å². The number of nitrogens with zero attached hydrogens (tertiary/aromatic N) is 10. The molecule has 3 heterocycles. The third-order valence-corrected chi connectivity index (χ3v) is 15.5. The maximum atomic E-state index is 12.4. The molecule has 8 aromatic rings. The predicted molar refractivity (Wildman–Crippen MR) is 270 cm³/mol. The molecule has 0 saturated carbocycles. The fraction of sp³-hybridized carbons (Fsp3) is 0.222. The second-order valence-electron chi connectivity index (χ2n) is 15.9. The van der Waals surface area contributed by atoms with Gasteiger partial charge in [0, 0.05) is 28.0 Å². The highest BCUT2D eigenvalue weighted by Gasteiger charge is 2.23. The van der Waals surface area contributed by atoms with Crippen molar-refractivity contribution in [3.63, 3.8) is 0 Å². The van der Waals surface area contributed by atoms with E-state index in [0.29, 0.717) is 59.7 Å². The fourth-order valence-electron chi connectivity index (χ4n) is 7.40. The van der Waals surface area contributed by atoms with E-state index < -0.39 is 41.9 Å². The van der Waals surface area contributed by atoms with Crippen molar-refractivity contribution in [2.24, 2.45) is 30.7 Å². The van der Waals surface area contributed by atoms with Gasteiger partial charge in [-0.15, -0.1) is 37.3 Å². The monoisotopic (exact) mass is 1070 g/mol. The van der Waals surface area contributed by atoms with Crippen molar-refractivity contribution in [2.45, 2.75) is 43.4 Å². The molecule has 0 aliphatic carbocycles. The van der Waals surface area contributed by atoms with Gasteiger partial charge in [0.2, 0.25) is 11.0 Å². The number of thiazole rings is 1. The standard InChI is InChI=1S/C45H40N10O12S5/c1-24-17-34(51-53-40-26(3)30(23-46)43-47-33-20-28(66-4)11-12-36(33)55(43)44(40)56)37(67-13-7-15-70(57,58)59)21-31(24)49-52-35-18-25(2)32(22-38(35)68-14-8-16-71(60,61)62)50-54-45-48-41-39(72(63,64)65)19-27-9-5-6-10-29(27)42(41)69-45/h5-6,9-12,17-22,56H,7-8,13-16H2,1-4H3,(H,57,58,59)(H,60,61,62)(H,63,64,65). The molecule has 0 atom stereocenters. The van der Waals surface area contributed by atoms with Crippen LogP contribution in [-0.2, 0) is 30.4 Å². The Kier molecular flexibility index (Phi) is 14.7. The smallest absolute Gasteiger partial charge is 0.296 e. The van der Waals surface area contributed by atoms with E-state index in [4.69, 9.17) is 9.47 Å². The Balaban J connectivity index is 1.16.